The molecule has 0 fully saturated rings. The molecule has 6 heteroatoms. The van der Waals surface area contributed by atoms with Crippen molar-refractivity contribution >= 4 is 11.6 Å². The van der Waals surface area contributed by atoms with Crippen LogP contribution in [0.5, 0.6) is 0 Å². The number of nitrogens with zero attached hydrogens (tertiary/aromatic N) is 2. The van der Waals surface area contributed by atoms with Crippen LogP contribution in [0.1, 0.15) is 50.9 Å². The van der Waals surface area contributed by atoms with Crippen molar-refractivity contribution in [2.24, 2.45) is 5.84 Å². The van der Waals surface area contributed by atoms with E-state index in [1.807, 2.05) is 27.7 Å². The zero-order chi connectivity index (χ0) is 14.4. The molecule has 0 aromatic carbocycles. The molecule has 0 saturated carbocycles. The fourth-order valence-electron chi connectivity index (χ4n) is 1.75. The van der Waals surface area contributed by atoms with Crippen molar-refractivity contribution in [3.63, 3.8) is 0 Å². The van der Waals surface area contributed by atoms with Gasteiger partial charge in [0, 0.05) is 18.0 Å². The van der Waals surface area contributed by atoms with Crippen LogP contribution in [0.4, 0.5) is 11.6 Å². The summed E-state index contributed by atoms with van der Waals surface area (Å²) in [6.45, 7) is 8.48. The number of nitrogens with two attached hydrogens (primary N) is 1. The number of hydrazine groups is 1. The number of anilines is 2. The summed E-state index contributed by atoms with van der Waals surface area (Å²) < 4.78 is 0. The summed E-state index contributed by atoms with van der Waals surface area (Å²) in [6, 6.07) is 0. The predicted molar refractivity (Wildman–Crippen MR) is 78.1 cm³/mol. The Bertz CT molecular complexity index is 408. The van der Waals surface area contributed by atoms with Crippen molar-refractivity contribution in [2.45, 2.75) is 52.6 Å². The second kappa shape index (κ2) is 7.25. The van der Waals surface area contributed by atoms with Crippen LogP contribution in [0, 0.1) is 6.92 Å². The average Bonchev–Trinajstić information content (AvgIpc) is 2.37. The Hall–Kier alpha value is -1.40. The van der Waals surface area contributed by atoms with E-state index in [1.54, 1.807) is 0 Å². The third-order valence-electron chi connectivity index (χ3n) is 2.94. The Kier molecular flexibility index (Phi) is 5.98. The van der Waals surface area contributed by atoms with Crippen molar-refractivity contribution in [3.05, 3.63) is 11.4 Å². The average molecular weight is 267 g/mol. The van der Waals surface area contributed by atoms with Crippen LogP contribution in [0.2, 0.25) is 0 Å². The van der Waals surface area contributed by atoms with Gasteiger partial charge >= 0.3 is 0 Å². The number of nitrogens with one attached hydrogen (secondary N) is 2. The Morgan fingerprint density at radius 3 is 2.42 bits per heavy atom. The van der Waals surface area contributed by atoms with Gasteiger partial charge in [-0.15, -0.1) is 0 Å². The molecule has 0 radical (unpaired) electrons. The normalized spacial score (nSPS) is 12.6. The van der Waals surface area contributed by atoms with Crippen LogP contribution in [-0.4, -0.2) is 27.7 Å². The van der Waals surface area contributed by atoms with Gasteiger partial charge in [-0.1, -0.05) is 27.2 Å². The molecular formula is C13H25N5O. The third kappa shape index (κ3) is 4.33. The quantitative estimate of drug-likeness (QED) is 0.444. The van der Waals surface area contributed by atoms with Crippen LogP contribution in [0.25, 0.3) is 0 Å². The first-order chi connectivity index (χ1) is 8.99. The molecule has 0 saturated heterocycles. The molecule has 1 aromatic heterocycles. The molecule has 5 N–H and O–H groups in total. The summed E-state index contributed by atoms with van der Waals surface area (Å²) in [4.78, 5) is 8.85. The minimum Gasteiger partial charge on any atom is -0.391 e. The fourth-order valence-corrected chi connectivity index (χ4v) is 1.75. The zero-order valence-corrected chi connectivity index (χ0v) is 12.2. The van der Waals surface area contributed by atoms with E-state index in [2.05, 4.69) is 20.7 Å². The highest BCUT2D eigenvalue weighted by Gasteiger charge is 2.13. The van der Waals surface area contributed by atoms with Gasteiger partial charge in [-0.05, 0) is 13.3 Å². The maximum atomic E-state index is 9.76. The Balaban J connectivity index is 2.89. The van der Waals surface area contributed by atoms with Gasteiger partial charge in [-0.2, -0.15) is 0 Å². The van der Waals surface area contributed by atoms with Gasteiger partial charge < -0.3 is 15.8 Å². The molecule has 6 nitrogen and oxygen atoms in total. The maximum absolute atomic E-state index is 9.76. The number of rotatable bonds is 7. The molecular weight excluding hydrogens is 242 g/mol. The fraction of sp³-hybridized carbons (Fsp3) is 0.692. The number of hydrogen-bond donors (Lipinski definition) is 4. The lowest BCUT2D eigenvalue weighted by Gasteiger charge is -2.16. The van der Waals surface area contributed by atoms with Crippen LogP contribution < -0.4 is 16.6 Å². The highest BCUT2D eigenvalue weighted by Crippen LogP contribution is 2.22. The molecule has 1 aromatic rings. The second-order valence-electron chi connectivity index (χ2n) is 5.03. The summed E-state index contributed by atoms with van der Waals surface area (Å²) in [5.74, 6) is 7.76. The van der Waals surface area contributed by atoms with E-state index >= 15 is 0 Å². The van der Waals surface area contributed by atoms with Crippen molar-refractivity contribution < 1.29 is 5.11 Å². The summed E-state index contributed by atoms with van der Waals surface area (Å²) in [6.07, 6.45) is 1.37. The molecule has 1 unspecified atom stereocenters. The monoisotopic (exact) mass is 267 g/mol. The zero-order valence-electron chi connectivity index (χ0n) is 12.2. The number of aromatic nitrogens is 2. The van der Waals surface area contributed by atoms with Gasteiger partial charge in [-0.3, -0.25) is 0 Å². The van der Waals surface area contributed by atoms with Gasteiger partial charge in [0.05, 0.1) is 6.10 Å². The molecule has 0 amide bonds. The smallest absolute Gasteiger partial charge is 0.148 e. The minimum absolute atomic E-state index is 0.216. The first-order valence-corrected chi connectivity index (χ1v) is 6.76. The molecule has 1 atom stereocenters. The van der Waals surface area contributed by atoms with Crippen molar-refractivity contribution in [2.75, 3.05) is 17.3 Å². The molecule has 1 heterocycles. The van der Waals surface area contributed by atoms with Crippen molar-refractivity contribution in [3.8, 4) is 0 Å². The summed E-state index contributed by atoms with van der Waals surface area (Å²) >= 11 is 0. The Morgan fingerprint density at radius 2 is 1.89 bits per heavy atom. The maximum Gasteiger partial charge on any atom is 0.148 e. The van der Waals surface area contributed by atoms with Gasteiger partial charge in [0.15, 0.2) is 0 Å². The van der Waals surface area contributed by atoms with E-state index in [0.29, 0.717) is 12.4 Å². The lowest BCUT2D eigenvalue weighted by molar-refractivity contribution is 0.176. The molecule has 0 aliphatic heterocycles. The van der Waals surface area contributed by atoms with Gasteiger partial charge in [0.25, 0.3) is 0 Å². The number of nitrogen functional groups attached to an aromatic ring is 1. The molecule has 0 aliphatic rings. The van der Waals surface area contributed by atoms with Crippen LogP contribution >= 0.6 is 0 Å². The molecule has 19 heavy (non-hydrogen) atoms. The SMILES string of the molecule is CCCC(O)CNc1nc(C(C)C)nc(NN)c1C. The second-order valence-corrected chi connectivity index (χ2v) is 5.03. The summed E-state index contributed by atoms with van der Waals surface area (Å²) in [5.41, 5.74) is 3.45. The molecule has 108 valence electrons. The number of aliphatic hydroxyl groups excluding tert-OH is 1. The van der Waals surface area contributed by atoms with Gasteiger partial charge in [0.1, 0.15) is 17.5 Å². The molecule has 0 bridgehead atoms. The van der Waals surface area contributed by atoms with E-state index in [1.165, 1.54) is 0 Å². The van der Waals surface area contributed by atoms with Gasteiger partial charge in [-0.25, -0.2) is 15.8 Å². The first kappa shape index (κ1) is 15.7. The van der Waals surface area contributed by atoms with Crippen molar-refractivity contribution in [1.82, 2.24) is 9.97 Å². The topological polar surface area (TPSA) is 96.1 Å². The lowest BCUT2D eigenvalue weighted by atomic mass is 10.2. The largest absolute Gasteiger partial charge is 0.391 e. The number of hydrogen-bond acceptors (Lipinski definition) is 6. The molecule has 0 aliphatic carbocycles. The number of aliphatic hydroxyl groups is 1. The van der Waals surface area contributed by atoms with Crippen LogP contribution in [0.15, 0.2) is 0 Å². The van der Waals surface area contributed by atoms with E-state index in [0.717, 1.165) is 30.0 Å². The van der Waals surface area contributed by atoms with Gasteiger partial charge in [0.2, 0.25) is 0 Å². The van der Waals surface area contributed by atoms with E-state index in [9.17, 15) is 5.11 Å². The highest BCUT2D eigenvalue weighted by atomic mass is 16.3. The highest BCUT2D eigenvalue weighted by molar-refractivity contribution is 5.56. The van der Waals surface area contributed by atoms with Crippen molar-refractivity contribution in [1.29, 1.82) is 0 Å². The Labute approximate surface area is 114 Å². The summed E-state index contributed by atoms with van der Waals surface area (Å²) in [5, 5.41) is 12.9. The van der Waals surface area contributed by atoms with E-state index < -0.39 is 0 Å². The standard InChI is InChI=1S/C13H25N5O/c1-5-6-10(19)7-15-12-9(4)13(18-14)17-11(16-12)8(2)3/h8,10,19H,5-7,14H2,1-4H3,(H2,15,16,17,18). The molecule has 0 spiro atoms. The van der Waals surface area contributed by atoms with Crippen LogP contribution in [0.3, 0.4) is 0 Å². The van der Waals surface area contributed by atoms with Crippen LogP contribution in [-0.2, 0) is 0 Å². The minimum atomic E-state index is -0.365. The Morgan fingerprint density at radius 1 is 1.26 bits per heavy atom. The predicted octanol–water partition coefficient (Wildman–Crippen LogP) is 1.77. The molecule has 1 rings (SSSR count). The lowest BCUT2D eigenvalue weighted by Crippen LogP contribution is -2.22. The first-order valence-electron chi connectivity index (χ1n) is 6.76. The third-order valence-corrected chi connectivity index (χ3v) is 2.94. The summed E-state index contributed by atoms with van der Waals surface area (Å²) in [7, 11) is 0. The van der Waals surface area contributed by atoms with E-state index in [4.69, 9.17) is 5.84 Å². The van der Waals surface area contributed by atoms with E-state index in [-0.39, 0.29) is 12.0 Å².